The average molecular weight is 260 g/mol. The minimum absolute atomic E-state index is 0.470. The molecule has 0 aliphatic rings. The van der Waals surface area contributed by atoms with Crippen molar-refractivity contribution < 1.29 is 18.0 Å². The zero-order valence-corrected chi connectivity index (χ0v) is 9.92. The van der Waals surface area contributed by atoms with E-state index in [9.17, 15) is 18.0 Å². The summed E-state index contributed by atoms with van der Waals surface area (Å²) in [5, 5.41) is 2.19. The standard InChI is InChI=1S/C12H15F3N2O/c1-11(16,9-5-3-2-4-6-9)10(18)17-8-7-12(13,14)15/h2-6H,7-8,16H2,1H3,(H,17,18). The van der Waals surface area contributed by atoms with Gasteiger partial charge in [0.15, 0.2) is 0 Å². The van der Waals surface area contributed by atoms with Gasteiger partial charge in [0.05, 0.1) is 6.42 Å². The fraction of sp³-hybridized carbons (Fsp3) is 0.417. The fourth-order valence-corrected chi connectivity index (χ4v) is 1.42. The van der Waals surface area contributed by atoms with E-state index in [0.29, 0.717) is 5.56 Å². The van der Waals surface area contributed by atoms with Gasteiger partial charge in [-0.1, -0.05) is 30.3 Å². The molecular formula is C12H15F3N2O. The monoisotopic (exact) mass is 260 g/mol. The molecule has 0 fully saturated rings. The number of halogens is 3. The molecule has 1 unspecified atom stereocenters. The zero-order chi connectivity index (χ0) is 13.8. The Hall–Kier alpha value is -1.56. The van der Waals surface area contributed by atoms with Crippen LogP contribution in [0.5, 0.6) is 0 Å². The minimum Gasteiger partial charge on any atom is -0.354 e. The predicted octanol–water partition coefficient (Wildman–Crippen LogP) is 1.93. The van der Waals surface area contributed by atoms with Gasteiger partial charge >= 0.3 is 6.18 Å². The van der Waals surface area contributed by atoms with Crippen molar-refractivity contribution >= 4 is 5.91 Å². The van der Waals surface area contributed by atoms with Gasteiger partial charge in [-0.25, -0.2) is 0 Å². The van der Waals surface area contributed by atoms with Crippen LogP contribution in [0.4, 0.5) is 13.2 Å². The van der Waals surface area contributed by atoms with Crippen molar-refractivity contribution in [2.45, 2.75) is 25.1 Å². The molecule has 0 saturated heterocycles. The number of benzene rings is 1. The summed E-state index contributed by atoms with van der Waals surface area (Å²) in [6.07, 6.45) is -5.35. The Kier molecular flexibility index (Phi) is 4.34. The average Bonchev–Trinajstić information content (AvgIpc) is 2.28. The molecule has 1 atom stereocenters. The Bertz CT molecular complexity index is 402. The van der Waals surface area contributed by atoms with Crippen molar-refractivity contribution in [3.05, 3.63) is 35.9 Å². The molecule has 0 saturated carbocycles. The molecular weight excluding hydrogens is 245 g/mol. The van der Waals surface area contributed by atoms with Gasteiger partial charge < -0.3 is 11.1 Å². The number of hydrogen-bond acceptors (Lipinski definition) is 2. The highest BCUT2D eigenvalue weighted by Gasteiger charge is 2.32. The number of nitrogens with two attached hydrogens (primary N) is 1. The molecule has 0 spiro atoms. The lowest BCUT2D eigenvalue weighted by molar-refractivity contribution is -0.136. The molecule has 1 amide bonds. The van der Waals surface area contributed by atoms with Crippen LogP contribution in [0, 0.1) is 0 Å². The van der Waals surface area contributed by atoms with Crippen LogP contribution in [0.2, 0.25) is 0 Å². The molecule has 6 heteroatoms. The van der Waals surface area contributed by atoms with E-state index in [0.717, 1.165) is 0 Å². The first-order chi connectivity index (χ1) is 8.23. The lowest BCUT2D eigenvalue weighted by Crippen LogP contribution is -2.49. The molecule has 1 aromatic rings. The molecule has 3 N–H and O–H groups in total. The maximum absolute atomic E-state index is 11.9. The molecule has 0 aliphatic heterocycles. The van der Waals surface area contributed by atoms with Crippen LogP contribution in [0.1, 0.15) is 18.9 Å². The first-order valence-electron chi connectivity index (χ1n) is 5.43. The SMILES string of the molecule is CC(N)(C(=O)NCCC(F)(F)F)c1ccccc1. The number of carbonyl (C=O) groups excluding carboxylic acids is 1. The summed E-state index contributed by atoms with van der Waals surface area (Å²) in [5.41, 5.74) is 5.05. The van der Waals surface area contributed by atoms with E-state index in [2.05, 4.69) is 5.32 Å². The number of alkyl halides is 3. The van der Waals surface area contributed by atoms with Gasteiger partial charge in [0.25, 0.3) is 0 Å². The zero-order valence-electron chi connectivity index (χ0n) is 9.92. The van der Waals surface area contributed by atoms with Crippen LogP contribution in [-0.2, 0) is 10.3 Å². The smallest absolute Gasteiger partial charge is 0.354 e. The van der Waals surface area contributed by atoms with Gasteiger partial charge in [0, 0.05) is 6.54 Å². The molecule has 0 bridgehead atoms. The molecule has 3 nitrogen and oxygen atoms in total. The van der Waals surface area contributed by atoms with Crippen molar-refractivity contribution in [3.63, 3.8) is 0 Å². The first-order valence-corrected chi connectivity index (χ1v) is 5.43. The van der Waals surface area contributed by atoms with E-state index in [4.69, 9.17) is 5.73 Å². The van der Waals surface area contributed by atoms with Crippen molar-refractivity contribution in [2.24, 2.45) is 5.73 Å². The van der Waals surface area contributed by atoms with Gasteiger partial charge in [0.1, 0.15) is 5.54 Å². The highest BCUT2D eigenvalue weighted by atomic mass is 19.4. The first kappa shape index (κ1) is 14.5. The van der Waals surface area contributed by atoms with Gasteiger partial charge in [0.2, 0.25) is 5.91 Å². The summed E-state index contributed by atoms with van der Waals surface area (Å²) in [4.78, 5) is 11.7. The lowest BCUT2D eigenvalue weighted by atomic mass is 9.92. The summed E-state index contributed by atoms with van der Waals surface area (Å²) in [7, 11) is 0. The summed E-state index contributed by atoms with van der Waals surface area (Å²) >= 11 is 0. The van der Waals surface area contributed by atoms with E-state index < -0.39 is 30.6 Å². The van der Waals surface area contributed by atoms with Crippen LogP contribution < -0.4 is 11.1 Å². The van der Waals surface area contributed by atoms with Gasteiger partial charge in [-0.2, -0.15) is 13.2 Å². The second kappa shape index (κ2) is 5.39. The van der Waals surface area contributed by atoms with Crippen molar-refractivity contribution in [1.29, 1.82) is 0 Å². The largest absolute Gasteiger partial charge is 0.390 e. The van der Waals surface area contributed by atoms with Gasteiger partial charge in [-0.3, -0.25) is 4.79 Å². The van der Waals surface area contributed by atoms with E-state index in [1.165, 1.54) is 6.92 Å². The second-order valence-corrected chi connectivity index (χ2v) is 4.19. The quantitative estimate of drug-likeness (QED) is 0.869. The Morgan fingerprint density at radius 2 is 1.83 bits per heavy atom. The molecule has 18 heavy (non-hydrogen) atoms. The van der Waals surface area contributed by atoms with Gasteiger partial charge in [-0.05, 0) is 12.5 Å². The van der Waals surface area contributed by atoms with Crippen LogP contribution in [-0.4, -0.2) is 18.6 Å². The molecule has 0 radical (unpaired) electrons. The van der Waals surface area contributed by atoms with Crippen LogP contribution in [0.25, 0.3) is 0 Å². The number of carbonyl (C=O) groups is 1. The Labute approximate surface area is 103 Å². The Morgan fingerprint density at radius 1 is 1.28 bits per heavy atom. The normalized spacial score (nSPS) is 14.9. The minimum atomic E-state index is -4.29. The molecule has 0 aromatic heterocycles. The molecule has 0 heterocycles. The summed E-state index contributed by atoms with van der Waals surface area (Å²) in [6, 6.07) is 8.50. The lowest BCUT2D eigenvalue weighted by Gasteiger charge is -2.24. The van der Waals surface area contributed by atoms with E-state index in [1.807, 2.05) is 0 Å². The number of nitrogens with one attached hydrogen (secondary N) is 1. The van der Waals surface area contributed by atoms with Gasteiger partial charge in [-0.15, -0.1) is 0 Å². The molecule has 1 aromatic carbocycles. The summed E-state index contributed by atoms with van der Waals surface area (Å²) in [5.74, 6) is -0.627. The fourth-order valence-electron chi connectivity index (χ4n) is 1.42. The maximum Gasteiger partial charge on any atom is 0.390 e. The Balaban J connectivity index is 2.61. The van der Waals surface area contributed by atoms with E-state index in [-0.39, 0.29) is 0 Å². The summed E-state index contributed by atoms with van der Waals surface area (Å²) < 4.78 is 35.8. The maximum atomic E-state index is 11.9. The molecule has 0 aliphatic carbocycles. The van der Waals surface area contributed by atoms with E-state index in [1.54, 1.807) is 30.3 Å². The number of rotatable bonds is 4. The van der Waals surface area contributed by atoms with E-state index >= 15 is 0 Å². The molecule has 1 rings (SSSR count). The van der Waals surface area contributed by atoms with Crippen LogP contribution in [0.15, 0.2) is 30.3 Å². The third-order valence-electron chi connectivity index (χ3n) is 2.54. The van der Waals surface area contributed by atoms with Crippen molar-refractivity contribution in [1.82, 2.24) is 5.32 Å². The number of amides is 1. The van der Waals surface area contributed by atoms with Crippen LogP contribution >= 0.6 is 0 Å². The topological polar surface area (TPSA) is 55.1 Å². The van der Waals surface area contributed by atoms with Crippen molar-refractivity contribution in [3.8, 4) is 0 Å². The number of hydrogen-bond donors (Lipinski definition) is 2. The molecule has 100 valence electrons. The third-order valence-corrected chi connectivity index (χ3v) is 2.54. The summed E-state index contributed by atoms with van der Waals surface area (Å²) in [6.45, 7) is 0.993. The van der Waals surface area contributed by atoms with Crippen molar-refractivity contribution in [2.75, 3.05) is 6.54 Å². The van der Waals surface area contributed by atoms with Crippen LogP contribution in [0.3, 0.4) is 0 Å². The predicted molar refractivity (Wildman–Crippen MR) is 61.7 cm³/mol. The Morgan fingerprint density at radius 3 is 2.33 bits per heavy atom. The highest BCUT2D eigenvalue weighted by molar-refractivity contribution is 5.86. The second-order valence-electron chi connectivity index (χ2n) is 4.19. The highest BCUT2D eigenvalue weighted by Crippen LogP contribution is 2.20. The third kappa shape index (κ3) is 4.03.